The first-order valence-electron chi connectivity index (χ1n) is 19.2. The Hall–Kier alpha value is -6.76. The predicted octanol–water partition coefficient (Wildman–Crippen LogP) is 9.11. The van der Waals surface area contributed by atoms with Gasteiger partial charge in [-0.25, -0.2) is 29.5 Å². The second-order valence-electron chi connectivity index (χ2n) is 15.6. The first-order chi connectivity index (χ1) is 28.6. The van der Waals surface area contributed by atoms with E-state index >= 15 is 0 Å². The molecule has 0 spiro atoms. The minimum atomic E-state index is -0.566. The number of amides is 2. The molecule has 61 heavy (non-hydrogen) atoms. The van der Waals surface area contributed by atoms with E-state index in [9.17, 15) is 9.59 Å². The number of rotatable bonds is 8. The van der Waals surface area contributed by atoms with Crippen LogP contribution in [0.25, 0.3) is 11.6 Å². The van der Waals surface area contributed by atoms with E-state index in [0.717, 1.165) is 44.3 Å². The molecule has 6 aromatic rings. The molecule has 324 valence electrons. The molecule has 0 saturated carbocycles. The van der Waals surface area contributed by atoms with Gasteiger partial charge >= 0.3 is 12.2 Å². The van der Waals surface area contributed by atoms with Crippen molar-refractivity contribution >= 4 is 68.5 Å². The number of nitrogen functional groups attached to an aromatic ring is 1. The Balaban J connectivity index is 0.000000222. The molecule has 0 aliphatic rings. The van der Waals surface area contributed by atoms with Gasteiger partial charge in [0.05, 0.1) is 11.4 Å². The van der Waals surface area contributed by atoms with E-state index in [1.54, 1.807) is 35.6 Å². The first kappa shape index (κ1) is 46.9. The van der Waals surface area contributed by atoms with Gasteiger partial charge in [0.1, 0.15) is 47.1 Å². The van der Waals surface area contributed by atoms with Gasteiger partial charge < -0.3 is 31.2 Å². The number of benzene rings is 2. The molecule has 0 atom stereocenters. The number of nitrogens with zero attached hydrogens (tertiary/aromatic N) is 8. The number of aromatic nitrogens is 8. The summed E-state index contributed by atoms with van der Waals surface area (Å²) >= 11 is 3.41. The van der Waals surface area contributed by atoms with Crippen molar-refractivity contribution in [3.63, 3.8) is 0 Å². The summed E-state index contributed by atoms with van der Waals surface area (Å²) in [5.74, 6) is 4.01. The van der Waals surface area contributed by atoms with Crippen LogP contribution < -0.4 is 32.3 Å². The number of halogens is 1. The van der Waals surface area contributed by atoms with Crippen molar-refractivity contribution in [3.8, 4) is 11.6 Å². The van der Waals surface area contributed by atoms with E-state index in [4.69, 9.17) is 15.2 Å². The molecule has 2 aromatic carbocycles. The fourth-order valence-corrected chi connectivity index (χ4v) is 5.53. The molecular weight excluding hydrogens is 844 g/mol. The number of nitrogens with two attached hydrogens (primary N) is 1. The van der Waals surface area contributed by atoms with E-state index in [0.29, 0.717) is 34.6 Å². The second-order valence-corrected chi connectivity index (χ2v) is 16.5. The van der Waals surface area contributed by atoms with Gasteiger partial charge in [0.25, 0.3) is 0 Å². The lowest BCUT2D eigenvalue weighted by molar-refractivity contribution is 0.0624. The largest absolute Gasteiger partial charge is 0.444 e. The fraction of sp³-hybridized carbons (Fsp3) is 0.333. The average molecular weight is 900 g/mol. The lowest BCUT2D eigenvalue weighted by Gasteiger charge is -2.20. The summed E-state index contributed by atoms with van der Waals surface area (Å²) < 4.78 is 14.7. The molecule has 4 aromatic heterocycles. The monoisotopic (exact) mass is 898 g/mol. The van der Waals surface area contributed by atoms with Crippen LogP contribution in [-0.4, -0.2) is 77.0 Å². The summed E-state index contributed by atoms with van der Waals surface area (Å²) in [6.45, 7) is 18.7. The van der Waals surface area contributed by atoms with Crippen LogP contribution in [0.4, 0.5) is 49.9 Å². The van der Waals surface area contributed by atoms with E-state index in [1.807, 2.05) is 118 Å². The maximum Gasteiger partial charge on any atom is 0.412 e. The summed E-state index contributed by atoms with van der Waals surface area (Å²) in [5, 5.41) is 23.5. The quantitative estimate of drug-likeness (QED) is 0.0838. The maximum absolute atomic E-state index is 12.1. The minimum Gasteiger partial charge on any atom is -0.444 e. The Morgan fingerprint density at radius 2 is 1.11 bits per heavy atom. The van der Waals surface area contributed by atoms with Gasteiger partial charge in [0, 0.05) is 59.9 Å². The van der Waals surface area contributed by atoms with Crippen molar-refractivity contribution < 1.29 is 19.1 Å². The van der Waals surface area contributed by atoms with Crippen LogP contribution >= 0.6 is 15.9 Å². The van der Waals surface area contributed by atoms with Crippen LogP contribution in [0.2, 0.25) is 0 Å². The smallest absolute Gasteiger partial charge is 0.412 e. The third-order valence-electron chi connectivity index (χ3n) is 7.90. The zero-order valence-electron chi connectivity index (χ0n) is 36.6. The van der Waals surface area contributed by atoms with Gasteiger partial charge in [-0.3, -0.25) is 10.6 Å². The maximum atomic E-state index is 12.1. The van der Waals surface area contributed by atoms with Crippen molar-refractivity contribution in [2.75, 3.05) is 46.4 Å². The topological polar surface area (TPSA) is 226 Å². The van der Waals surface area contributed by atoms with Gasteiger partial charge in [-0.05, 0) is 105 Å². The Labute approximate surface area is 364 Å². The van der Waals surface area contributed by atoms with Gasteiger partial charge in [-0.2, -0.15) is 19.6 Å². The van der Waals surface area contributed by atoms with Gasteiger partial charge in [-0.1, -0.05) is 28.1 Å². The van der Waals surface area contributed by atoms with Crippen molar-refractivity contribution in [1.82, 2.24) is 39.5 Å². The lowest BCUT2D eigenvalue weighted by Crippen LogP contribution is -2.27. The molecule has 0 fully saturated rings. The van der Waals surface area contributed by atoms with Crippen molar-refractivity contribution in [2.24, 2.45) is 0 Å². The number of anilines is 7. The van der Waals surface area contributed by atoms with Crippen LogP contribution in [0.5, 0.6) is 0 Å². The number of carbonyl (C=O) groups is 2. The van der Waals surface area contributed by atoms with Crippen LogP contribution in [0.15, 0.2) is 77.8 Å². The number of aryl methyl sites for hydroxylation is 4. The number of ether oxygens (including phenoxy) is 2. The highest BCUT2D eigenvalue weighted by molar-refractivity contribution is 9.10. The van der Waals surface area contributed by atoms with E-state index in [-0.39, 0.29) is 0 Å². The third kappa shape index (κ3) is 14.8. The SMILES string of the molecule is CNc1cc(-n2nc(C)cc2N)ncn1.CNc1cc(-n2nc(C)cc2Nc2cc(NC(=O)OC(C)(C)C)ccc2C)ncn1.Cc1ccc(NC(=O)OC(C)(C)C)cc1Br. The minimum absolute atomic E-state index is 0.441. The summed E-state index contributed by atoms with van der Waals surface area (Å²) in [6.07, 6.45) is 2.01. The van der Waals surface area contributed by atoms with Crippen LogP contribution in [0, 0.1) is 27.7 Å². The van der Waals surface area contributed by atoms with Crippen LogP contribution in [0.1, 0.15) is 64.1 Å². The first-order valence-corrected chi connectivity index (χ1v) is 19.9. The highest BCUT2D eigenvalue weighted by Gasteiger charge is 2.18. The Morgan fingerprint density at radius 1 is 0.639 bits per heavy atom. The number of carbonyl (C=O) groups excluding carboxylic acids is 2. The summed E-state index contributed by atoms with van der Waals surface area (Å²) in [4.78, 5) is 40.2. The predicted molar refractivity (Wildman–Crippen MR) is 244 cm³/mol. The molecule has 18 nitrogen and oxygen atoms in total. The Morgan fingerprint density at radius 3 is 1.59 bits per heavy atom. The summed E-state index contributed by atoms with van der Waals surface area (Å²) in [5.41, 5.74) is 10.7. The number of hydrogen-bond donors (Lipinski definition) is 6. The molecule has 0 unspecified atom stereocenters. The number of hydrogen-bond acceptors (Lipinski definition) is 14. The van der Waals surface area contributed by atoms with E-state index in [1.165, 1.54) is 12.7 Å². The molecule has 6 rings (SSSR count). The normalized spacial score (nSPS) is 10.9. The molecule has 2 amide bonds. The van der Waals surface area contributed by atoms with Crippen molar-refractivity contribution in [2.45, 2.75) is 80.4 Å². The standard InChI is InChI=1S/C21H27N7O2.C12H16BrNO2.C9H12N6/c1-13-7-8-15(25-20(29)30-21(3,4)5)10-16(13)26-19-9-14(2)27-28(19)18-11-17(22-6)23-12-24-18;1-8-5-6-9(7-10(8)13)14-11(15)16-12(2,3)4;1-6-3-7(10)15(14-6)9-4-8(11-2)12-5-13-9/h7-12,26H,1-6H3,(H,25,29)(H,22,23,24);5-7H,1-4H3,(H,14,15);3-5H,10H2,1-2H3,(H,11,12,13). The number of nitrogens with one attached hydrogen (secondary N) is 5. The van der Waals surface area contributed by atoms with Gasteiger partial charge in [-0.15, -0.1) is 0 Å². The molecule has 19 heteroatoms. The fourth-order valence-electron chi connectivity index (χ4n) is 5.15. The molecule has 0 aliphatic carbocycles. The Bertz CT molecular complexity index is 2440. The molecule has 4 heterocycles. The molecular formula is C42H55BrN14O4. The summed E-state index contributed by atoms with van der Waals surface area (Å²) in [7, 11) is 3.59. The third-order valence-corrected chi connectivity index (χ3v) is 8.76. The molecule has 0 radical (unpaired) electrons. The van der Waals surface area contributed by atoms with Crippen molar-refractivity contribution in [1.29, 1.82) is 0 Å². The summed E-state index contributed by atoms with van der Waals surface area (Å²) in [6, 6.07) is 18.5. The molecule has 0 bridgehead atoms. The highest BCUT2D eigenvalue weighted by Crippen LogP contribution is 2.27. The second kappa shape index (κ2) is 20.5. The Kier molecular flexibility index (Phi) is 15.7. The molecule has 0 saturated heterocycles. The molecule has 0 aliphatic heterocycles. The lowest BCUT2D eigenvalue weighted by atomic mass is 10.1. The zero-order chi connectivity index (χ0) is 45.1. The highest BCUT2D eigenvalue weighted by atomic mass is 79.9. The zero-order valence-corrected chi connectivity index (χ0v) is 38.2. The van der Waals surface area contributed by atoms with Gasteiger partial charge in [0.2, 0.25) is 0 Å². The average Bonchev–Trinajstić information content (AvgIpc) is 3.72. The van der Waals surface area contributed by atoms with E-state index < -0.39 is 23.4 Å². The van der Waals surface area contributed by atoms with Crippen molar-refractivity contribution in [3.05, 3.63) is 100 Å². The van der Waals surface area contributed by atoms with E-state index in [2.05, 4.69) is 72.6 Å². The van der Waals surface area contributed by atoms with Crippen LogP contribution in [0.3, 0.4) is 0 Å². The van der Waals surface area contributed by atoms with Gasteiger partial charge in [0.15, 0.2) is 11.6 Å². The van der Waals surface area contributed by atoms with Crippen LogP contribution in [-0.2, 0) is 9.47 Å². The molecule has 7 N–H and O–H groups in total.